The summed E-state index contributed by atoms with van der Waals surface area (Å²) < 4.78 is 0. The van der Waals surface area contributed by atoms with Crippen molar-refractivity contribution in [3.63, 3.8) is 0 Å². The Labute approximate surface area is 57.1 Å². The molecule has 1 heteroatoms. The van der Waals surface area contributed by atoms with E-state index in [4.69, 9.17) is 0 Å². The molecule has 1 nitrogen and oxygen atoms in total. The topological polar surface area (TPSA) is 20.2 Å². The molecule has 1 fully saturated rings. The molecule has 0 aromatic heterocycles. The van der Waals surface area contributed by atoms with E-state index >= 15 is 0 Å². The lowest BCUT2D eigenvalue weighted by Crippen LogP contribution is -2.25. The predicted molar refractivity (Wildman–Crippen MR) is 38.2 cm³/mol. The maximum absolute atomic E-state index is 9.30. The quantitative estimate of drug-likeness (QED) is 0.527. The molecule has 9 heavy (non-hydrogen) atoms. The second-order valence-electron chi connectivity index (χ2n) is 3.46. The van der Waals surface area contributed by atoms with Crippen molar-refractivity contribution in [2.45, 2.75) is 39.2 Å². The van der Waals surface area contributed by atoms with Gasteiger partial charge >= 0.3 is 0 Å². The monoisotopic (exact) mass is 128 g/mol. The van der Waals surface area contributed by atoms with Gasteiger partial charge in [-0.05, 0) is 31.1 Å². The van der Waals surface area contributed by atoms with Gasteiger partial charge in [0.25, 0.3) is 0 Å². The van der Waals surface area contributed by atoms with Gasteiger partial charge in [0, 0.05) is 0 Å². The maximum atomic E-state index is 9.30. The Morgan fingerprint density at radius 2 is 1.89 bits per heavy atom. The van der Waals surface area contributed by atoms with E-state index in [9.17, 15) is 5.11 Å². The highest BCUT2D eigenvalue weighted by Crippen LogP contribution is 2.28. The number of aliphatic hydroxyl groups is 1. The first-order valence-electron chi connectivity index (χ1n) is 3.88. The molecule has 1 N–H and O–H groups in total. The van der Waals surface area contributed by atoms with E-state index in [0.717, 1.165) is 12.3 Å². The second kappa shape index (κ2) is 2.70. The summed E-state index contributed by atoms with van der Waals surface area (Å²) in [6.07, 6.45) is 3.43. The lowest BCUT2D eigenvalue weighted by molar-refractivity contribution is 0.0611. The van der Waals surface area contributed by atoms with Crippen molar-refractivity contribution in [1.82, 2.24) is 0 Å². The van der Waals surface area contributed by atoms with E-state index in [1.807, 2.05) is 0 Å². The summed E-state index contributed by atoms with van der Waals surface area (Å²) in [7, 11) is 0. The fraction of sp³-hybridized carbons (Fsp3) is 1.00. The normalized spacial score (nSPS) is 45.0. The van der Waals surface area contributed by atoms with Crippen molar-refractivity contribution < 1.29 is 5.11 Å². The van der Waals surface area contributed by atoms with E-state index in [1.165, 1.54) is 12.8 Å². The largest absolute Gasteiger partial charge is 0.393 e. The molecule has 1 unspecified atom stereocenters. The van der Waals surface area contributed by atoms with Crippen molar-refractivity contribution in [3.05, 3.63) is 0 Å². The van der Waals surface area contributed by atoms with Gasteiger partial charge in [0.1, 0.15) is 0 Å². The zero-order valence-electron chi connectivity index (χ0n) is 6.30. The molecule has 3 atom stereocenters. The first-order chi connectivity index (χ1) is 4.20. The van der Waals surface area contributed by atoms with E-state index in [1.54, 1.807) is 0 Å². The molecular formula is C8H16O. The molecule has 0 saturated heterocycles. The van der Waals surface area contributed by atoms with Crippen molar-refractivity contribution >= 4 is 0 Å². The third kappa shape index (κ3) is 1.68. The third-order valence-electron chi connectivity index (χ3n) is 2.39. The molecule has 54 valence electrons. The first-order valence-corrected chi connectivity index (χ1v) is 3.88. The van der Waals surface area contributed by atoms with E-state index in [2.05, 4.69) is 13.8 Å². The highest BCUT2D eigenvalue weighted by Gasteiger charge is 2.22. The Kier molecular flexibility index (Phi) is 2.12. The van der Waals surface area contributed by atoms with Gasteiger partial charge in [0.15, 0.2) is 0 Å². The molecule has 0 aromatic carbocycles. The van der Waals surface area contributed by atoms with Crippen LogP contribution in [-0.4, -0.2) is 11.2 Å². The molecule has 1 saturated carbocycles. The first kappa shape index (κ1) is 7.07. The zero-order chi connectivity index (χ0) is 6.85. The van der Waals surface area contributed by atoms with Crippen LogP contribution in [0.2, 0.25) is 0 Å². The SMILES string of the molecule is C[C@H]1CCC(O)[C@@H](C)C1. The summed E-state index contributed by atoms with van der Waals surface area (Å²) in [6, 6.07) is 0. The van der Waals surface area contributed by atoms with Crippen LogP contribution in [0.3, 0.4) is 0 Å². The molecule has 0 radical (unpaired) electrons. The Bertz CT molecular complexity index is 90.6. The molecular weight excluding hydrogens is 112 g/mol. The van der Waals surface area contributed by atoms with Crippen molar-refractivity contribution in [3.8, 4) is 0 Å². The molecule has 0 bridgehead atoms. The lowest BCUT2D eigenvalue weighted by Gasteiger charge is -2.28. The van der Waals surface area contributed by atoms with Crippen LogP contribution in [0, 0.1) is 11.8 Å². The fourth-order valence-corrected chi connectivity index (χ4v) is 1.65. The summed E-state index contributed by atoms with van der Waals surface area (Å²) in [5.74, 6) is 1.37. The van der Waals surface area contributed by atoms with E-state index < -0.39 is 0 Å². The minimum atomic E-state index is -0.0128. The molecule has 0 aliphatic heterocycles. The standard InChI is InChI=1S/C8H16O/c1-6-3-4-8(9)7(2)5-6/h6-9H,3-5H2,1-2H3/t6-,7-,8?/m0/s1. The molecule has 0 aromatic rings. The fourth-order valence-electron chi connectivity index (χ4n) is 1.65. The van der Waals surface area contributed by atoms with E-state index in [0.29, 0.717) is 5.92 Å². The maximum Gasteiger partial charge on any atom is 0.0566 e. The molecule has 0 amide bonds. The summed E-state index contributed by atoms with van der Waals surface area (Å²) >= 11 is 0. The van der Waals surface area contributed by atoms with Crippen LogP contribution in [0.5, 0.6) is 0 Å². The molecule has 0 heterocycles. The van der Waals surface area contributed by atoms with Crippen molar-refractivity contribution in [1.29, 1.82) is 0 Å². The molecule has 1 rings (SSSR count). The van der Waals surface area contributed by atoms with Gasteiger partial charge in [-0.15, -0.1) is 0 Å². The summed E-state index contributed by atoms with van der Waals surface area (Å²) in [5, 5.41) is 9.30. The second-order valence-corrected chi connectivity index (χ2v) is 3.46. The van der Waals surface area contributed by atoms with Crippen LogP contribution in [0.4, 0.5) is 0 Å². The minimum Gasteiger partial charge on any atom is -0.393 e. The van der Waals surface area contributed by atoms with Crippen LogP contribution < -0.4 is 0 Å². The number of aliphatic hydroxyl groups excluding tert-OH is 1. The molecule has 0 spiro atoms. The minimum absolute atomic E-state index is 0.0128. The van der Waals surface area contributed by atoms with Crippen LogP contribution in [0.1, 0.15) is 33.1 Å². The van der Waals surface area contributed by atoms with Gasteiger partial charge < -0.3 is 5.11 Å². The van der Waals surface area contributed by atoms with Gasteiger partial charge in [-0.3, -0.25) is 0 Å². The average molecular weight is 128 g/mol. The average Bonchev–Trinajstić information content (AvgIpc) is 1.80. The highest BCUT2D eigenvalue weighted by atomic mass is 16.3. The third-order valence-corrected chi connectivity index (χ3v) is 2.39. The van der Waals surface area contributed by atoms with Gasteiger partial charge in [-0.25, -0.2) is 0 Å². The van der Waals surface area contributed by atoms with Crippen molar-refractivity contribution in [2.24, 2.45) is 11.8 Å². The highest BCUT2D eigenvalue weighted by molar-refractivity contribution is 4.74. The predicted octanol–water partition coefficient (Wildman–Crippen LogP) is 1.80. The van der Waals surface area contributed by atoms with Crippen LogP contribution in [-0.2, 0) is 0 Å². The van der Waals surface area contributed by atoms with Crippen molar-refractivity contribution in [2.75, 3.05) is 0 Å². The summed E-state index contributed by atoms with van der Waals surface area (Å²) in [4.78, 5) is 0. The summed E-state index contributed by atoms with van der Waals surface area (Å²) in [6.45, 7) is 4.41. The van der Waals surface area contributed by atoms with Gasteiger partial charge in [0.05, 0.1) is 6.10 Å². The Morgan fingerprint density at radius 1 is 1.22 bits per heavy atom. The van der Waals surface area contributed by atoms with Crippen LogP contribution in [0.15, 0.2) is 0 Å². The lowest BCUT2D eigenvalue weighted by atomic mass is 9.81. The number of hydrogen-bond donors (Lipinski definition) is 1. The Balaban J connectivity index is 2.35. The van der Waals surface area contributed by atoms with Crippen LogP contribution in [0.25, 0.3) is 0 Å². The van der Waals surface area contributed by atoms with Gasteiger partial charge in [-0.2, -0.15) is 0 Å². The smallest absolute Gasteiger partial charge is 0.0566 e. The Hall–Kier alpha value is -0.0400. The summed E-state index contributed by atoms with van der Waals surface area (Å²) in [5.41, 5.74) is 0. The van der Waals surface area contributed by atoms with Crippen LogP contribution >= 0.6 is 0 Å². The van der Waals surface area contributed by atoms with Gasteiger partial charge in [-0.1, -0.05) is 13.8 Å². The molecule has 1 aliphatic rings. The molecule has 1 aliphatic carbocycles. The number of rotatable bonds is 0. The zero-order valence-corrected chi connectivity index (χ0v) is 6.30. The number of hydrogen-bond acceptors (Lipinski definition) is 1. The Morgan fingerprint density at radius 3 is 2.33 bits per heavy atom. The van der Waals surface area contributed by atoms with Gasteiger partial charge in [0.2, 0.25) is 0 Å². The van der Waals surface area contributed by atoms with E-state index in [-0.39, 0.29) is 6.10 Å².